The SMILES string of the molecule is Cc1cc([C@@H]2CCCN2C(=O)c2ccc(C)s2)no1. The Morgan fingerprint density at radius 3 is 2.95 bits per heavy atom. The van der Waals surface area contributed by atoms with Crippen molar-refractivity contribution < 1.29 is 9.32 Å². The largest absolute Gasteiger partial charge is 0.361 e. The number of hydrogen-bond donors (Lipinski definition) is 0. The van der Waals surface area contributed by atoms with Crippen LogP contribution in [0, 0.1) is 13.8 Å². The summed E-state index contributed by atoms with van der Waals surface area (Å²) in [5, 5.41) is 4.06. The third-order valence-corrected chi connectivity index (χ3v) is 4.44. The van der Waals surface area contributed by atoms with Gasteiger partial charge in [-0.25, -0.2) is 0 Å². The molecule has 1 aliphatic heterocycles. The van der Waals surface area contributed by atoms with Crippen LogP contribution in [0.1, 0.15) is 44.9 Å². The first kappa shape index (κ1) is 12.4. The van der Waals surface area contributed by atoms with Crippen molar-refractivity contribution in [1.29, 1.82) is 0 Å². The Morgan fingerprint density at radius 1 is 1.47 bits per heavy atom. The van der Waals surface area contributed by atoms with E-state index in [0.29, 0.717) is 0 Å². The van der Waals surface area contributed by atoms with E-state index in [4.69, 9.17) is 4.52 Å². The third-order valence-electron chi connectivity index (χ3n) is 3.45. The van der Waals surface area contributed by atoms with Gasteiger partial charge in [-0.2, -0.15) is 0 Å². The second-order valence-corrected chi connectivity index (χ2v) is 6.22. The van der Waals surface area contributed by atoms with Crippen molar-refractivity contribution in [2.24, 2.45) is 0 Å². The summed E-state index contributed by atoms with van der Waals surface area (Å²) in [4.78, 5) is 16.4. The van der Waals surface area contributed by atoms with Gasteiger partial charge >= 0.3 is 0 Å². The molecule has 0 N–H and O–H groups in total. The van der Waals surface area contributed by atoms with E-state index in [1.807, 2.05) is 36.9 Å². The maximum Gasteiger partial charge on any atom is 0.264 e. The maximum atomic E-state index is 12.5. The van der Waals surface area contributed by atoms with Crippen molar-refractivity contribution in [3.05, 3.63) is 39.4 Å². The lowest BCUT2D eigenvalue weighted by Crippen LogP contribution is -2.30. The number of aromatic nitrogens is 1. The number of carbonyl (C=O) groups excluding carboxylic acids is 1. The summed E-state index contributed by atoms with van der Waals surface area (Å²) in [5.41, 5.74) is 0.872. The fourth-order valence-electron chi connectivity index (χ4n) is 2.55. The van der Waals surface area contributed by atoms with Crippen LogP contribution in [0.25, 0.3) is 0 Å². The minimum absolute atomic E-state index is 0.0624. The van der Waals surface area contributed by atoms with Crippen molar-refractivity contribution in [1.82, 2.24) is 10.1 Å². The summed E-state index contributed by atoms with van der Waals surface area (Å²) in [6.07, 6.45) is 1.98. The van der Waals surface area contributed by atoms with Crippen molar-refractivity contribution >= 4 is 17.2 Å². The summed E-state index contributed by atoms with van der Waals surface area (Å²) < 4.78 is 5.13. The van der Waals surface area contributed by atoms with Gasteiger partial charge in [-0.1, -0.05) is 5.16 Å². The average molecular weight is 276 g/mol. The molecule has 1 saturated heterocycles. The van der Waals surface area contributed by atoms with E-state index in [2.05, 4.69) is 5.16 Å². The minimum Gasteiger partial charge on any atom is -0.361 e. The van der Waals surface area contributed by atoms with Crippen LogP contribution in [0.5, 0.6) is 0 Å². The van der Waals surface area contributed by atoms with E-state index < -0.39 is 0 Å². The van der Waals surface area contributed by atoms with E-state index in [-0.39, 0.29) is 11.9 Å². The number of hydrogen-bond acceptors (Lipinski definition) is 4. The van der Waals surface area contributed by atoms with Crippen molar-refractivity contribution in [2.75, 3.05) is 6.54 Å². The van der Waals surface area contributed by atoms with Gasteiger partial charge in [0, 0.05) is 17.5 Å². The topological polar surface area (TPSA) is 46.3 Å². The van der Waals surface area contributed by atoms with E-state index in [1.54, 1.807) is 11.3 Å². The molecule has 0 bridgehead atoms. The number of carbonyl (C=O) groups is 1. The molecule has 2 aromatic heterocycles. The molecular weight excluding hydrogens is 260 g/mol. The Kier molecular flexibility index (Phi) is 3.14. The minimum atomic E-state index is 0.0624. The second-order valence-electron chi connectivity index (χ2n) is 4.93. The van der Waals surface area contributed by atoms with Crippen LogP contribution in [0.4, 0.5) is 0 Å². The highest BCUT2D eigenvalue weighted by atomic mass is 32.1. The second kappa shape index (κ2) is 4.81. The van der Waals surface area contributed by atoms with Gasteiger partial charge < -0.3 is 9.42 Å². The lowest BCUT2D eigenvalue weighted by molar-refractivity contribution is 0.0736. The van der Waals surface area contributed by atoms with Gasteiger partial charge in [-0.05, 0) is 38.8 Å². The van der Waals surface area contributed by atoms with Crippen LogP contribution in [0.2, 0.25) is 0 Å². The molecule has 19 heavy (non-hydrogen) atoms. The fourth-order valence-corrected chi connectivity index (χ4v) is 3.37. The molecule has 100 valence electrons. The molecule has 1 amide bonds. The van der Waals surface area contributed by atoms with E-state index in [9.17, 15) is 4.79 Å². The first-order valence-electron chi connectivity index (χ1n) is 6.46. The van der Waals surface area contributed by atoms with Crippen LogP contribution in [0.3, 0.4) is 0 Å². The number of aryl methyl sites for hydroxylation is 2. The van der Waals surface area contributed by atoms with E-state index in [1.165, 1.54) is 0 Å². The lowest BCUT2D eigenvalue weighted by atomic mass is 10.1. The highest BCUT2D eigenvalue weighted by Crippen LogP contribution is 2.33. The summed E-state index contributed by atoms with van der Waals surface area (Å²) in [6.45, 7) is 4.69. The molecule has 0 unspecified atom stereocenters. The molecule has 3 heterocycles. The Balaban J connectivity index is 1.85. The van der Waals surface area contributed by atoms with E-state index in [0.717, 1.165) is 40.6 Å². The van der Waals surface area contributed by atoms with Gasteiger partial charge in [0.05, 0.1) is 10.9 Å². The van der Waals surface area contributed by atoms with Crippen LogP contribution in [0.15, 0.2) is 22.7 Å². The first-order valence-corrected chi connectivity index (χ1v) is 7.27. The zero-order valence-electron chi connectivity index (χ0n) is 11.0. The van der Waals surface area contributed by atoms with Gasteiger partial charge in [0.2, 0.25) is 0 Å². The van der Waals surface area contributed by atoms with Crippen LogP contribution >= 0.6 is 11.3 Å². The van der Waals surface area contributed by atoms with Crippen LogP contribution in [-0.4, -0.2) is 22.5 Å². The standard InChI is InChI=1S/C14H16N2O2S/c1-9-8-11(15-18-9)12-4-3-7-16(12)14(17)13-6-5-10(2)19-13/h5-6,8,12H,3-4,7H2,1-2H3/t12-/m0/s1. The highest BCUT2D eigenvalue weighted by Gasteiger charge is 2.33. The average Bonchev–Trinajstić information content (AvgIpc) is 3.07. The maximum absolute atomic E-state index is 12.5. The first-order chi connectivity index (χ1) is 9.15. The Bertz CT molecular complexity index is 602. The molecule has 0 aliphatic carbocycles. The van der Waals surface area contributed by atoms with Gasteiger partial charge in [0.15, 0.2) is 0 Å². The zero-order valence-corrected chi connectivity index (χ0v) is 11.9. The summed E-state index contributed by atoms with van der Waals surface area (Å²) in [5.74, 6) is 0.905. The zero-order chi connectivity index (χ0) is 13.4. The molecule has 0 spiro atoms. The van der Waals surface area contributed by atoms with Crippen LogP contribution in [-0.2, 0) is 0 Å². The molecule has 0 radical (unpaired) electrons. The van der Waals surface area contributed by atoms with Crippen molar-refractivity contribution in [3.8, 4) is 0 Å². The molecule has 1 fully saturated rings. The lowest BCUT2D eigenvalue weighted by Gasteiger charge is -2.22. The quantitative estimate of drug-likeness (QED) is 0.845. The number of thiophene rings is 1. The number of amides is 1. The highest BCUT2D eigenvalue weighted by molar-refractivity contribution is 7.13. The summed E-state index contributed by atoms with van der Waals surface area (Å²) >= 11 is 1.55. The molecular formula is C14H16N2O2S. The molecule has 5 heteroatoms. The van der Waals surface area contributed by atoms with Crippen molar-refractivity contribution in [2.45, 2.75) is 32.7 Å². The smallest absolute Gasteiger partial charge is 0.264 e. The molecule has 3 rings (SSSR count). The normalized spacial score (nSPS) is 19.1. The van der Waals surface area contributed by atoms with Gasteiger partial charge in [-0.15, -0.1) is 11.3 Å². The predicted molar refractivity (Wildman–Crippen MR) is 73.3 cm³/mol. The van der Waals surface area contributed by atoms with Crippen molar-refractivity contribution in [3.63, 3.8) is 0 Å². The third kappa shape index (κ3) is 2.30. The van der Waals surface area contributed by atoms with E-state index >= 15 is 0 Å². The molecule has 0 aromatic carbocycles. The molecule has 2 aromatic rings. The monoisotopic (exact) mass is 276 g/mol. The molecule has 0 saturated carbocycles. The van der Waals surface area contributed by atoms with Gasteiger partial charge in [0.1, 0.15) is 11.5 Å². The Hall–Kier alpha value is -1.62. The summed E-state index contributed by atoms with van der Waals surface area (Å²) in [7, 11) is 0. The Morgan fingerprint density at radius 2 is 2.32 bits per heavy atom. The number of rotatable bonds is 2. The number of likely N-dealkylation sites (tertiary alicyclic amines) is 1. The fraction of sp³-hybridized carbons (Fsp3) is 0.429. The number of nitrogens with zero attached hydrogens (tertiary/aromatic N) is 2. The van der Waals surface area contributed by atoms with Gasteiger partial charge in [0.25, 0.3) is 5.91 Å². The predicted octanol–water partition coefficient (Wildman–Crippen LogP) is 3.33. The Labute approximate surface area is 116 Å². The van der Waals surface area contributed by atoms with Crippen LogP contribution < -0.4 is 0 Å². The molecule has 4 nitrogen and oxygen atoms in total. The molecule has 1 atom stereocenters. The summed E-state index contributed by atoms with van der Waals surface area (Å²) in [6, 6.07) is 5.89. The van der Waals surface area contributed by atoms with Gasteiger partial charge in [-0.3, -0.25) is 4.79 Å². The molecule has 1 aliphatic rings.